The lowest BCUT2D eigenvalue weighted by Gasteiger charge is -2.40. The van der Waals surface area contributed by atoms with Gasteiger partial charge in [-0.05, 0) is 45.4 Å². The van der Waals surface area contributed by atoms with Gasteiger partial charge in [-0.2, -0.15) is 0 Å². The second-order valence-corrected chi connectivity index (χ2v) is 10.3. The van der Waals surface area contributed by atoms with E-state index in [0.717, 1.165) is 28.0 Å². The fraction of sp³-hybridized carbons (Fsp3) is 0.429. The summed E-state index contributed by atoms with van der Waals surface area (Å²) < 4.78 is 7.64. The first kappa shape index (κ1) is 22.1. The normalized spacial score (nSPS) is 17.3. The molecule has 164 valence electrons. The minimum Gasteiger partial charge on any atom is -0.444 e. The van der Waals surface area contributed by atoms with E-state index in [0.29, 0.717) is 19.6 Å². The molecule has 8 nitrogen and oxygen atoms in total. The summed E-state index contributed by atoms with van der Waals surface area (Å²) in [4.78, 5) is 30.0. The Hall–Kier alpha value is -2.08. The van der Waals surface area contributed by atoms with Crippen LogP contribution in [-0.2, 0) is 4.74 Å². The predicted molar refractivity (Wildman–Crippen MR) is 132 cm³/mol. The quantitative estimate of drug-likeness (QED) is 0.433. The van der Waals surface area contributed by atoms with E-state index < -0.39 is 5.60 Å². The van der Waals surface area contributed by atoms with E-state index in [-0.39, 0.29) is 12.1 Å². The monoisotopic (exact) mass is 552 g/mol. The van der Waals surface area contributed by atoms with Gasteiger partial charge < -0.3 is 14.5 Å². The van der Waals surface area contributed by atoms with Crippen LogP contribution in [0, 0.1) is 0 Å². The highest BCUT2D eigenvalue weighted by Crippen LogP contribution is 2.38. The molecule has 31 heavy (non-hydrogen) atoms. The van der Waals surface area contributed by atoms with Gasteiger partial charge >= 0.3 is 6.09 Å². The molecule has 4 rings (SSSR count). The Kier molecular flexibility index (Phi) is 6.29. The summed E-state index contributed by atoms with van der Waals surface area (Å²) in [5.74, 6) is 0.886. The Morgan fingerprint density at radius 3 is 2.61 bits per heavy atom. The molecular formula is C21H25IN6O2S. The molecule has 0 saturated carbocycles. The molecule has 10 heteroatoms. The van der Waals surface area contributed by atoms with Crippen molar-refractivity contribution in [3.63, 3.8) is 0 Å². The summed E-state index contributed by atoms with van der Waals surface area (Å²) in [5.41, 5.74) is 2.50. The van der Waals surface area contributed by atoms with Gasteiger partial charge in [0.15, 0.2) is 5.65 Å². The van der Waals surface area contributed by atoms with Gasteiger partial charge in [-0.1, -0.05) is 0 Å². The Morgan fingerprint density at radius 2 is 1.97 bits per heavy atom. The van der Waals surface area contributed by atoms with Crippen LogP contribution in [0.25, 0.3) is 22.2 Å². The van der Waals surface area contributed by atoms with Gasteiger partial charge in [-0.3, -0.25) is 8.96 Å². The van der Waals surface area contributed by atoms with Crippen LogP contribution in [-0.4, -0.2) is 61.2 Å². The summed E-state index contributed by atoms with van der Waals surface area (Å²) in [5, 5.41) is 1.01. The van der Waals surface area contributed by atoms with E-state index in [4.69, 9.17) is 4.74 Å². The molecule has 4 heterocycles. The van der Waals surface area contributed by atoms with Crippen molar-refractivity contribution in [3.8, 4) is 11.1 Å². The third kappa shape index (κ3) is 4.59. The lowest BCUT2D eigenvalue weighted by Crippen LogP contribution is -2.55. The van der Waals surface area contributed by atoms with Crippen molar-refractivity contribution in [1.82, 2.24) is 23.8 Å². The number of hydrogen-bond acceptors (Lipinski definition) is 7. The number of fused-ring (bicyclic) bond motifs is 1. The standard InChI is InChI=1S/C21H25IN6O2S/c1-14-11-26(9-10-27(14)20(29)30-21(2,3)4)18-17-16(15-5-7-23-8-6-15)12-28(31-22)19(17)25-13-24-18/h5-8,12-14H,9-11H2,1-4H3. The molecule has 0 spiro atoms. The van der Waals surface area contributed by atoms with Crippen molar-refractivity contribution in [3.05, 3.63) is 37.1 Å². The number of piperazine rings is 1. The van der Waals surface area contributed by atoms with Gasteiger partial charge in [0, 0.05) is 80.2 Å². The molecule has 1 fully saturated rings. The number of pyridine rings is 1. The van der Waals surface area contributed by atoms with Crippen LogP contribution >= 0.6 is 30.3 Å². The second kappa shape index (κ2) is 8.81. The summed E-state index contributed by atoms with van der Waals surface area (Å²) in [7, 11) is 1.57. The number of nitrogens with zero attached hydrogens (tertiary/aromatic N) is 6. The van der Waals surface area contributed by atoms with Crippen LogP contribution in [0.4, 0.5) is 10.6 Å². The van der Waals surface area contributed by atoms with Gasteiger partial charge in [0.1, 0.15) is 17.7 Å². The van der Waals surface area contributed by atoms with Crippen LogP contribution in [0.2, 0.25) is 0 Å². The lowest BCUT2D eigenvalue weighted by molar-refractivity contribution is 0.0159. The molecular weight excluding hydrogens is 527 g/mol. The minimum absolute atomic E-state index is 0.000901. The van der Waals surface area contributed by atoms with Crippen LogP contribution < -0.4 is 4.90 Å². The van der Waals surface area contributed by atoms with Gasteiger partial charge in [-0.25, -0.2) is 14.8 Å². The van der Waals surface area contributed by atoms with Crippen molar-refractivity contribution in [2.45, 2.75) is 39.3 Å². The maximum Gasteiger partial charge on any atom is 0.410 e. The van der Waals surface area contributed by atoms with Crippen molar-refractivity contribution in [1.29, 1.82) is 0 Å². The molecule has 0 aromatic carbocycles. The van der Waals surface area contributed by atoms with E-state index in [9.17, 15) is 4.79 Å². The highest BCUT2D eigenvalue weighted by Gasteiger charge is 2.32. The number of anilines is 1. The van der Waals surface area contributed by atoms with E-state index >= 15 is 0 Å². The zero-order valence-electron chi connectivity index (χ0n) is 17.9. The Labute approximate surface area is 198 Å². The Bertz CT molecular complexity index is 1080. The average Bonchev–Trinajstić information content (AvgIpc) is 3.12. The molecule has 1 saturated heterocycles. The first-order chi connectivity index (χ1) is 14.8. The second-order valence-electron chi connectivity index (χ2n) is 8.54. The molecule has 1 aliphatic heterocycles. The third-order valence-corrected chi connectivity index (χ3v) is 6.85. The fourth-order valence-corrected chi connectivity index (χ4v) is 5.05. The summed E-state index contributed by atoms with van der Waals surface area (Å²) >= 11 is 2.26. The van der Waals surface area contributed by atoms with E-state index in [1.165, 1.54) is 0 Å². The van der Waals surface area contributed by atoms with E-state index in [2.05, 4.69) is 51.2 Å². The number of hydrogen-bond donors (Lipinski definition) is 0. The van der Waals surface area contributed by atoms with Crippen LogP contribution in [0.3, 0.4) is 0 Å². The van der Waals surface area contributed by atoms with Gasteiger partial charge in [-0.15, -0.1) is 0 Å². The molecule has 3 aromatic rings. The number of rotatable bonds is 3. The Balaban J connectivity index is 1.68. The molecule has 3 aromatic heterocycles. The number of ether oxygens (including phenoxy) is 1. The maximum atomic E-state index is 12.6. The van der Waals surface area contributed by atoms with Crippen molar-refractivity contribution in [2.75, 3.05) is 24.5 Å². The van der Waals surface area contributed by atoms with Crippen LogP contribution in [0.15, 0.2) is 37.1 Å². The molecule has 0 aliphatic carbocycles. The van der Waals surface area contributed by atoms with Gasteiger partial charge in [0.05, 0.1) is 5.39 Å². The SMILES string of the molecule is CC1CN(c2ncnc3c2c(-c2ccncc2)cn3SI)CCN1C(=O)OC(C)(C)C. The highest BCUT2D eigenvalue weighted by molar-refractivity contribution is 14.2. The van der Waals surface area contributed by atoms with E-state index in [1.54, 1.807) is 32.7 Å². The largest absolute Gasteiger partial charge is 0.444 e. The van der Waals surface area contributed by atoms with Crippen molar-refractivity contribution >= 4 is 53.3 Å². The predicted octanol–water partition coefficient (Wildman–Crippen LogP) is 4.79. The van der Waals surface area contributed by atoms with Crippen LogP contribution in [0.5, 0.6) is 0 Å². The molecule has 1 unspecified atom stereocenters. The highest BCUT2D eigenvalue weighted by atomic mass is 127. The maximum absolute atomic E-state index is 12.6. The van der Waals surface area contributed by atoms with Gasteiger partial charge in [0.25, 0.3) is 0 Å². The number of halogens is 1. The molecule has 1 aliphatic rings. The number of amides is 1. The molecule has 0 radical (unpaired) electrons. The van der Waals surface area contributed by atoms with Gasteiger partial charge in [0.2, 0.25) is 0 Å². The minimum atomic E-state index is -0.508. The fourth-order valence-electron chi connectivity index (χ4n) is 3.80. The first-order valence-electron chi connectivity index (χ1n) is 10.1. The Morgan fingerprint density at radius 1 is 1.23 bits per heavy atom. The summed E-state index contributed by atoms with van der Waals surface area (Å²) in [6.45, 7) is 9.63. The molecule has 0 bridgehead atoms. The van der Waals surface area contributed by atoms with Crippen molar-refractivity contribution in [2.24, 2.45) is 0 Å². The smallest absolute Gasteiger partial charge is 0.410 e. The van der Waals surface area contributed by atoms with Crippen molar-refractivity contribution < 1.29 is 9.53 Å². The topological polar surface area (TPSA) is 76.4 Å². The molecule has 1 atom stereocenters. The lowest BCUT2D eigenvalue weighted by atomic mass is 10.1. The van der Waals surface area contributed by atoms with E-state index in [1.807, 2.05) is 39.8 Å². The number of carbonyl (C=O) groups is 1. The zero-order chi connectivity index (χ0) is 22.2. The summed E-state index contributed by atoms with van der Waals surface area (Å²) in [6.07, 6.45) is 7.03. The molecule has 0 N–H and O–H groups in total. The zero-order valence-corrected chi connectivity index (χ0v) is 20.9. The third-order valence-electron chi connectivity index (χ3n) is 5.15. The van der Waals surface area contributed by atoms with Crippen LogP contribution in [0.1, 0.15) is 27.7 Å². The summed E-state index contributed by atoms with van der Waals surface area (Å²) in [6, 6.07) is 3.99. The first-order valence-corrected chi connectivity index (χ1v) is 13.4. The average molecular weight is 552 g/mol. The number of carbonyl (C=O) groups excluding carboxylic acids is 1. The molecule has 1 amide bonds. The number of aromatic nitrogens is 4.